The lowest BCUT2D eigenvalue weighted by Gasteiger charge is -2.26. The molecule has 0 spiro atoms. The van der Waals surface area contributed by atoms with Crippen molar-refractivity contribution >= 4 is 0 Å². The number of hydrogen-bond donors (Lipinski definition) is 1. The molecule has 0 aromatic rings. The Hall–Kier alpha value is -0.160. The SMILES string of the molecule is NCCOCCOCCN1CCCCC1. The molecule has 0 radical (unpaired) electrons. The van der Waals surface area contributed by atoms with Crippen molar-refractivity contribution in [3.05, 3.63) is 0 Å². The van der Waals surface area contributed by atoms with Crippen LogP contribution in [0.4, 0.5) is 0 Å². The molecule has 4 nitrogen and oxygen atoms in total. The fraction of sp³-hybridized carbons (Fsp3) is 1.00. The topological polar surface area (TPSA) is 47.7 Å². The number of piperidine rings is 1. The summed E-state index contributed by atoms with van der Waals surface area (Å²) in [5.41, 5.74) is 5.29. The maximum atomic E-state index is 5.48. The molecular formula is C11H24N2O2. The normalized spacial score (nSPS) is 18.2. The molecule has 1 saturated heterocycles. The van der Waals surface area contributed by atoms with Crippen LogP contribution in [0.5, 0.6) is 0 Å². The van der Waals surface area contributed by atoms with E-state index in [9.17, 15) is 0 Å². The molecule has 2 N–H and O–H groups in total. The van der Waals surface area contributed by atoms with Crippen LogP contribution >= 0.6 is 0 Å². The van der Waals surface area contributed by atoms with E-state index in [0.29, 0.717) is 26.4 Å². The number of likely N-dealkylation sites (tertiary alicyclic amines) is 1. The van der Waals surface area contributed by atoms with Gasteiger partial charge in [0.15, 0.2) is 0 Å². The summed E-state index contributed by atoms with van der Waals surface area (Å²) in [7, 11) is 0. The van der Waals surface area contributed by atoms with Crippen LogP contribution in [-0.4, -0.2) is 57.5 Å². The third kappa shape index (κ3) is 6.84. The lowest BCUT2D eigenvalue weighted by molar-refractivity contribution is 0.0390. The van der Waals surface area contributed by atoms with Gasteiger partial charge in [-0.3, -0.25) is 0 Å². The monoisotopic (exact) mass is 216 g/mol. The Labute approximate surface area is 92.7 Å². The van der Waals surface area contributed by atoms with Gasteiger partial charge in [0.05, 0.1) is 26.4 Å². The van der Waals surface area contributed by atoms with Gasteiger partial charge < -0.3 is 20.1 Å². The summed E-state index contributed by atoms with van der Waals surface area (Å²) >= 11 is 0. The highest BCUT2D eigenvalue weighted by Gasteiger charge is 2.08. The Kier molecular flexibility index (Phi) is 7.83. The third-order valence-electron chi connectivity index (χ3n) is 2.63. The van der Waals surface area contributed by atoms with Crippen molar-refractivity contribution in [2.45, 2.75) is 19.3 Å². The number of hydrogen-bond acceptors (Lipinski definition) is 4. The summed E-state index contributed by atoms with van der Waals surface area (Å²) in [6.07, 6.45) is 4.09. The molecule has 4 heteroatoms. The quantitative estimate of drug-likeness (QED) is 0.599. The molecule has 1 fully saturated rings. The maximum Gasteiger partial charge on any atom is 0.0701 e. The van der Waals surface area contributed by atoms with Crippen molar-refractivity contribution in [2.75, 3.05) is 52.6 Å². The zero-order chi connectivity index (χ0) is 10.8. The van der Waals surface area contributed by atoms with Crippen molar-refractivity contribution in [2.24, 2.45) is 5.73 Å². The van der Waals surface area contributed by atoms with Gasteiger partial charge in [0, 0.05) is 13.1 Å². The van der Waals surface area contributed by atoms with Crippen LogP contribution in [0.3, 0.4) is 0 Å². The average molecular weight is 216 g/mol. The second-order valence-electron chi connectivity index (χ2n) is 3.92. The van der Waals surface area contributed by atoms with E-state index in [1.807, 2.05) is 0 Å². The second-order valence-corrected chi connectivity index (χ2v) is 3.92. The van der Waals surface area contributed by atoms with E-state index in [0.717, 1.165) is 13.2 Å². The van der Waals surface area contributed by atoms with E-state index in [1.165, 1.54) is 32.4 Å². The second kappa shape index (κ2) is 9.09. The molecule has 0 bridgehead atoms. The molecule has 90 valence electrons. The van der Waals surface area contributed by atoms with Crippen LogP contribution in [0, 0.1) is 0 Å². The molecule has 0 atom stereocenters. The van der Waals surface area contributed by atoms with E-state index in [1.54, 1.807) is 0 Å². The Morgan fingerprint density at radius 3 is 2.20 bits per heavy atom. The van der Waals surface area contributed by atoms with E-state index in [2.05, 4.69) is 4.90 Å². The molecule has 1 aliphatic heterocycles. The molecule has 1 aliphatic rings. The van der Waals surface area contributed by atoms with Gasteiger partial charge in [0.2, 0.25) is 0 Å². The van der Waals surface area contributed by atoms with Crippen LogP contribution < -0.4 is 5.73 Å². The largest absolute Gasteiger partial charge is 0.378 e. The minimum Gasteiger partial charge on any atom is -0.378 e. The van der Waals surface area contributed by atoms with E-state index in [4.69, 9.17) is 15.2 Å². The fourth-order valence-corrected chi connectivity index (χ4v) is 1.78. The summed E-state index contributed by atoms with van der Waals surface area (Å²) in [6, 6.07) is 0. The zero-order valence-electron chi connectivity index (χ0n) is 9.62. The smallest absolute Gasteiger partial charge is 0.0701 e. The van der Waals surface area contributed by atoms with E-state index < -0.39 is 0 Å². The van der Waals surface area contributed by atoms with Crippen LogP contribution in [0.15, 0.2) is 0 Å². The third-order valence-corrected chi connectivity index (χ3v) is 2.63. The minimum absolute atomic E-state index is 0.591. The zero-order valence-corrected chi connectivity index (χ0v) is 9.62. The number of rotatable bonds is 8. The molecule has 0 aromatic carbocycles. The van der Waals surface area contributed by atoms with Crippen molar-refractivity contribution in [3.63, 3.8) is 0 Å². The molecule has 1 rings (SSSR count). The summed E-state index contributed by atoms with van der Waals surface area (Å²) in [5.74, 6) is 0. The summed E-state index contributed by atoms with van der Waals surface area (Å²) in [5, 5.41) is 0. The Morgan fingerprint density at radius 1 is 0.867 bits per heavy atom. The first-order valence-corrected chi connectivity index (χ1v) is 6.01. The molecule has 15 heavy (non-hydrogen) atoms. The maximum absolute atomic E-state index is 5.48. The Balaban J connectivity index is 1.79. The van der Waals surface area contributed by atoms with Crippen LogP contribution in [0.2, 0.25) is 0 Å². The first-order chi connectivity index (χ1) is 7.43. The van der Waals surface area contributed by atoms with Crippen LogP contribution in [0.25, 0.3) is 0 Å². The lowest BCUT2D eigenvalue weighted by atomic mass is 10.1. The van der Waals surface area contributed by atoms with Crippen molar-refractivity contribution in [1.29, 1.82) is 0 Å². The molecule has 0 unspecified atom stereocenters. The Bertz CT molecular complexity index is 139. The van der Waals surface area contributed by atoms with Gasteiger partial charge in [0.25, 0.3) is 0 Å². The number of nitrogens with two attached hydrogens (primary N) is 1. The van der Waals surface area contributed by atoms with Crippen molar-refractivity contribution in [1.82, 2.24) is 4.90 Å². The predicted molar refractivity (Wildman–Crippen MR) is 61.0 cm³/mol. The standard InChI is InChI=1S/C11H24N2O2/c12-4-8-14-10-11-15-9-7-13-5-2-1-3-6-13/h1-12H2. The Morgan fingerprint density at radius 2 is 1.53 bits per heavy atom. The summed E-state index contributed by atoms with van der Waals surface area (Å²) in [6.45, 7) is 6.96. The number of nitrogens with zero attached hydrogens (tertiary/aromatic N) is 1. The van der Waals surface area contributed by atoms with Crippen LogP contribution in [0.1, 0.15) is 19.3 Å². The summed E-state index contributed by atoms with van der Waals surface area (Å²) < 4.78 is 10.7. The average Bonchev–Trinajstić information content (AvgIpc) is 2.29. The van der Waals surface area contributed by atoms with Crippen molar-refractivity contribution < 1.29 is 9.47 Å². The molecular weight excluding hydrogens is 192 g/mol. The van der Waals surface area contributed by atoms with Gasteiger partial charge >= 0.3 is 0 Å². The number of ether oxygens (including phenoxy) is 2. The van der Waals surface area contributed by atoms with Crippen molar-refractivity contribution in [3.8, 4) is 0 Å². The lowest BCUT2D eigenvalue weighted by Crippen LogP contribution is -2.32. The van der Waals surface area contributed by atoms with Gasteiger partial charge in [-0.2, -0.15) is 0 Å². The van der Waals surface area contributed by atoms with Gasteiger partial charge in [-0.05, 0) is 25.9 Å². The molecule has 0 aromatic heterocycles. The van der Waals surface area contributed by atoms with E-state index in [-0.39, 0.29) is 0 Å². The van der Waals surface area contributed by atoms with Gasteiger partial charge in [-0.25, -0.2) is 0 Å². The minimum atomic E-state index is 0.591. The predicted octanol–water partition coefficient (Wildman–Crippen LogP) is 0.464. The molecule has 0 saturated carbocycles. The molecule has 1 heterocycles. The van der Waals surface area contributed by atoms with Crippen LogP contribution in [-0.2, 0) is 9.47 Å². The van der Waals surface area contributed by atoms with Gasteiger partial charge in [-0.15, -0.1) is 0 Å². The molecule has 0 amide bonds. The van der Waals surface area contributed by atoms with Gasteiger partial charge in [0.1, 0.15) is 0 Å². The highest BCUT2D eigenvalue weighted by atomic mass is 16.5. The highest BCUT2D eigenvalue weighted by molar-refractivity contribution is 4.63. The first-order valence-electron chi connectivity index (χ1n) is 6.01. The highest BCUT2D eigenvalue weighted by Crippen LogP contribution is 2.07. The van der Waals surface area contributed by atoms with E-state index >= 15 is 0 Å². The first kappa shape index (κ1) is 12.9. The molecule has 0 aliphatic carbocycles. The fourth-order valence-electron chi connectivity index (χ4n) is 1.78. The van der Waals surface area contributed by atoms with Gasteiger partial charge in [-0.1, -0.05) is 6.42 Å². The summed E-state index contributed by atoms with van der Waals surface area (Å²) in [4.78, 5) is 2.48.